The molecule has 19 heavy (non-hydrogen) atoms. The average molecular weight is 335 g/mol. The van der Waals surface area contributed by atoms with Crippen molar-refractivity contribution >= 4 is 32.8 Å². The first-order chi connectivity index (χ1) is 9.20. The number of rotatable bonds is 4. The molecule has 1 unspecified atom stereocenters. The maximum atomic E-state index is 12.5. The van der Waals surface area contributed by atoms with E-state index in [-0.39, 0.29) is 0 Å². The van der Waals surface area contributed by atoms with E-state index in [1.165, 1.54) is 5.56 Å². The van der Waals surface area contributed by atoms with Crippen LogP contribution in [0.25, 0.3) is 6.08 Å². The van der Waals surface area contributed by atoms with Crippen LogP contribution in [0.5, 0.6) is 0 Å². The van der Waals surface area contributed by atoms with Gasteiger partial charge in [0.05, 0.1) is 10.8 Å². The van der Waals surface area contributed by atoms with Crippen molar-refractivity contribution < 1.29 is 4.21 Å². The van der Waals surface area contributed by atoms with Gasteiger partial charge < -0.3 is 0 Å². The highest BCUT2D eigenvalue weighted by atomic mass is 79.9. The van der Waals surface area contributed by atoms with Crippen molar-refractivity contribution in [3.05, 3.63) is 70.6 Å². The normalized spacial score (nSPS) is 13.3. The summed E-state index contributed by atoms with van der Waals surface area (Å²) in [4.78, 5) is 1.71. The Morgan fingerprint density at radius 3 is 2.32 bits per heavy atom. The molecular formula is C16H15BrOS. The molecule has 0 spiro atoms. The second-order valence-electron chi connectivity index (χ2n) is 4.24. The van der Waals surface area contributed by atoms with Crippen LogP contribution in [-0.2, 0) is 10.8 Å². The minimum Gasteiger partial charge on any atom is -0.249 e. The Morgan fingerprint density at radius 2 is 1.74 bits per heavy atom. The topological polar surface area (TPSA) is 17.1 Å². The van der Waals surface area contributed by atoms with E-state index < -0.39 is 10.8 Å². The van der Waals surface area contributed by atoms with Crippen molar-refractivity contribution in [1.82, 2.24) is 0 Å². The molecule has 0 aromatic heterocycles. The van der Waals surface area contributed by atoms with Crippen molar-refractivity contribution in [3.8, 4) is 0 Å². The van der Waals surface area contributed by atoms with Gasteiger partial charge in [-0.2, -0.15) is 0 Å². The van der Waals surface area contributed by atoms with E-state index in [0.717, 1.165) is 15.4 Å². The zero-order valence-corrected chi connectivity index (χ0v) is 13.1. The third-order valence-corrected chi connectivity index (χ3v) is 5.15. The monoisotopic (exact) mass is 334 g/mol. The number of halogens is 1. The van der Waals surface area contributed by atoms with Crippen molar-refractivity contribution in [2.45, 2.75) is 11.8 Å². The maximum absolute atomic E-state index is 12.5. The Kier molecular flexibility index (Phi) is 5.11. The van der Waals surface area contributed by atoms with Gasteiger partial charge in [-0.25, -0.2) is 4.21 Å². The van der Waals surface area contributed by atoms with Crippen molar-refractivity contribution in [3.63, 3.8) is 0 Å². The molecular weight excluding hydrogens is 320 g/mol. The van der Waals surface area contributed by atoms with Gasteiger partial charge in [0.2, 0.25) is 0 Å². The van der Waals surface area contributed by atoms with Crippen LogP contribution in [0, 0.1) is 6.92 Å². The highest BCUT2D eigenvalue weighted by molar-refractivity contribution is 9.09. The highest BCUT2D eigenvalue weighted by Gasteiger charge is 2.09. The smallest absolute Gasteiger partial charge is 0.0817 e. The Hall–Kier alpha value is -1.19. The van der Waals surface area contributed by atoms with Crippen LogP contribution >= 0.6 is 15.9 Å². The fraction of sp³-hybridized carbons (Fsp3) is 0.125. The summed E-state index contributed by atoms with van der Waals surface area (Å²) in [6.45, 7) is 2.03. The summed E-state index contributed by atoms with van der Waals surface area (Å²) in [5.74, 6) is 0. The Labute approximate surface area is 125 Å². The second-order valence-corrected chi connectivity index (χ2v) is 6.33. The van der Waals surface area contributed by atoms with Gasteiger partial charge in [-0.15, -0.1) is 0 Å². The summed E-state index contributed by atoms with van der Waals surface area (Å²) in [7, 11) is -1.12. The SMILES string of the molecule is Cc1ccc(S(=O)/C(=C/c2ccccc2)CBr)cc1. The van der Waals surface area contributed by atoms with Gasteiger partial charge in [-0.1, -0.05) is 64.0 Å². The van der Waals surface area contributed by atoms with E-state index >= 15 is 0 Å². The minimum absolute atomic E-state index is 0.600. The molecule has 3 heteroatoms. The van der Waals surface area contributed by atoms with E-state index in [0.29, 0.717) is 5.33 Å². The molecule has 0 bridgehead atoms. The number of benzene rings is 2. The van der Waals surface area contributed by atoms with Crippen LogP contribution in [0.3, 0.4) is 0 Å². The van der Waals surface area contributed by atoms with E-state index in [9.17, 15) is 4.21 Å². The summed E-state index contributed by atoms with van der Waals surface area (Å²) < 4.78 is 12.5. The standard InChI is InChI=1S/C16H15BrOS/c1-13-7-9-15(10-8-13)19(18)16(12-17)11-14-5-3-2-4-6-14/h2-11H,12H2,1H3/b16-11+. The molecule has 0 saturated heterocycles. The number of hydrogen-bond acceptors (Lipinski definition) is 1. The van der Waals surface area contributed by atoms with E-state index in [2.05, 4.69) is 15.9 Å². The molecule has 2 aromatic carbocycles. The molecule has 98 valence electrons. The summed E-state index contributed by atoms with van der Waals surface area (Å²) >= 11 is 3.42. The number of allylic oxidation sites excluding steroid dienone is 1. The third kappa shape index (κ3) is 3.88. The van der Waals surface area contributed by atoms with E-state index in [1.807, 2.05) is 67.6 Å². The number of aryl methyl sites for hydroxylation is 1. The Morgan fingerprint density at radius 1 is 1.11 bits per heavy atom. The summed E-state index contributed by atoms with van der Waals surface area (Å²) in [6, 6.07) is 17.8. The molecule has 0 aliphatic heterocycles. The lowest BCUT2D eigenvalue weighted by Crippen LogP contribution is -1.97. The van der Waals surface area contributed by atoms with Gasteiger partial charge in [0, 0.05) is 15.1 Å². The first-order valence-electron chi connectivity index (χ1n) is 6.01. The molecule has 2 aromatic rings. The van der Waals surface area contributed by atoms with Crippen LogP contribution in [0.2, 0.25) is 0 Å². The third-order valence-electron chi connectivity index (χ3n) is 2.73. The molecule has 1 nitrogen and oxygen atoms in total. The van der Waals surface area contributed by atoms with E-state index in [1.54, 1.807) is 0 Å². The van der Waals surface area contributed by atoms with Crippen LogP contribution in [-0.4, -0.2) is 9.54 Å². The van der Waals surface area contributed by atoms with Crippen molar-refractivity contribution in [2.24, 2.45) is 0 Å². The highest BCUT2D eigenvalue weighted by Crippen LogP contribution is 2.19. The van der Waals surface area contributed by atoms with Gasteiger partial charge in [0.1, 0.15) is 0 Å². The fourth-order valence-corrected chi connectivity index (χ4v) is 3.50. The summed E-state index contributed by atoms with van der Waals surface area (Å²) in [6.07, 6.45) is 1.98. The second kappa shape index (κ2) is 6.83. The van der Waals surface area contributed by atoms with Crippen LogP contribution in [0.1, 0.15) is 11.1 Å². The fourth-order valence-electron chi connectivity index (χ4n) is 1.69. The molecule has 0 fully saturated rings. The zero-order valence-electron chi connectivity index (χ0n) is 10.7. The molecule has 0 heterocycles. The van der Waals surface area contributed by atoms with Gasteiger partial charge in [0.15, 0.2) is 0 Å². The van der Waals surface area contributed by atoms with Crippen LogP contribution in [0.15, 0.2) is 64.4 Å². The predicted molar refractivity (Wildman–Crippen MR) is 85.8 cm³/mol. The maximum Gasteiger partial charge on any atom is 0.0817 e. The van der Waals surface area contributed by atoms with Crippen molar-refractivity contribution in [1.29, 1.82) is 0 Å². The molecule has 2 rings (SSSR count). The van der Waals surface area contributed by atoms with Crippen LogP contribution < -0.4 is 0 Å². The van der Waals surface area contributed by atoms with Gasteiger partial charge >= 0.3 is 0 Å². The molecule has 0 aliphatic rings. The number of hydrogen-bond donors (Lipinski definition) is 0. The molecule has 0 amide bonds. The Bertz CT molecular complexity index is 588. The molecule has 0 N–H and O–H groups in total. The van der Waals surface area contributed by atoms with Gasteiger partial charge in [-0.05, 0) is 30.7 Å². The minimum atomic E-state index is -1.12. The lowest BCUT2D eigenvalue weighted by molar-refractivity contribution is 0.687. The van der Waals surface area contributed by atoms with Gasteiger partial charge in [-0.3, -0.25) is 0 Å². The molecule has 0 saturated carbocycles. The number of alkyl halides is 1. The van der Waals surface area contributed by atoms with Crippen LogP contribution in [0.4, 0.5) is 0 Å². The molecule has 1 atom stereocenters. The molecule has 0 radical (unpaired) electrons. The van der Waals surface area contributed by atoms with Crippen molar-refractivity contribution in [2.75, 3.05) is 5.33 Å². The first-order valence-corrected chi connectivity index (χ1v) is 8.28. The zero-order chi connectivity index (χ0) is 13.7. The largest absolute Gasteiger partial charge is 0.249 e. The Balaban J connectivity index is 2.29. The first kappa shape index (κ1) is 14.2. The summed E-state index contributed by atoms with van der Waals surface area (Å²) in [5.41, 5.74) is 2.24. The van der Waals surface area contributed by atoms with Gasteiger partial charge in [0.25, 0.3) is 0 Å². The predicted octanol–water partition coefficient (Wildman–Crippen LogP) is 4.54. The quantitative estimate of drug-likeness (QED) is 0.750. The van der Waals surface area contributed by atoms with E-state index in [4.69, 9.17) is 0 Å². The average Bonchev–Trinajstić information content (AvgIpc) is 2.46. The molecule has 0 aliphatic carbocycles. The lowest BCUT2D eigenvalue weighted by Gasteiger charge is -2.05. The summed E-state index contributed by atoms with van der Waals surface area (Å²) in [5, 5.41) is 0.600. The lowest BCUT2D eigenvalue weighted by atomic mass is 10.2.